The van der Waals surface area contributed by atoms with Crippen LogP contribution in [-0.2, 0) is 4.74 Å². The summed E-state index contributed by atoms with van der Waals surface area (Å²) in [7, 11) is 0. The molecule has 0 aliphatic carbocycles. The van der Waals surface area contributed by atoms with Crippen LogP contribution >= 0.6 is 0 Å². The Balaban J connectivity index is 1.46. The van der Waals surface area contributed by atoms with E-state index < -0.39 is 0 Å². The molecule has 1 aliphatic rings. The van der Waals surface area contributed by atoms with Gasteiger partial charge < -0.3 is 9.47 Å². The molecule has 24 heavy (non-hydrogen) atoms. The second-order valence-corrected chi connectivity index (χ2v) is 6.85. The number of ether oxygens (including phenoxy) is 2. The molecular formula is C22H34O2. The van der Waals surface area contributed by atoms with Gasteiger partial charge in [-0.15, -0.1) is 0 Å². The third kappa shape index (κ3) is 9.12. The van der Waals surface area contributed by atoms with Crippen LogP contribution in [0.15, 0.2) is 30.3 Å². The SMILES string of the molecule is CCCCCCCCCCC/C=C/c1ccc(OCC2CO2)cc1. The molecule has 1 aliphatic heterocycles. The normalized spacial score (nSPS) is 16.6. The van der Waals surface area contributed by atoms with Crippen molar-refractivity contribution in [2.45, 2.75) is 77.2 Å². The Morgan fingerprint density at radius 3 is 2.21 bits per heavy atom. The molecule has 0 spiro atoms. The largest absolute Gasteiger partial charge is 0.491 e. The van der Waals surface area contributed by atoms with Crippen LogP contribution < -0.4 is 4.74 Å². The number of benzene rings is 1. The highest BCUT2D eigenvalue weighted by molar-refractivity contribution is 5.50. The Labute approximate surface area is 148 Å². The highest BCUT2D eigenvalue weighted by Crippen LogP contribution is 2.17. The topological polar surface area (TPSA) is 21.8 Å². The fraction of sp³-hybridized carbons (Fsp3) is 0.636. The van der Waals surface area contributed by atoms with Crippen LogP contribution in [0.4, 0.5) is 0 Å². The van der Waals surface area contributed by atoms with Gasteiger partial charge in [0.05, 0.1) is 6.61 Å². The molecule has 0 saturated carbocycles. The lowest BCUT2D eigenvalue weighted by Crippen LogP contribution is -2.03. The quantitative estimate of drug-likeness (QED) is 0.291. The van der Waals surface area contributed by atoms with E-state index in [1.165, 1.54) is 69.8 Å². The maximum atomic E-state index is 5.65. The minimum absolute atomic E-state index is 0.320. The van der Waals surface area contributed by atoms with Crippen LogP contribution in [-0.4, -0.2) is 19.3 Å². The van der Waals surface area contributed by atoms with Crippen molar-refractivity contribution < 1.29 is 9.47 Å². The zero-order valence-electron chi connectivity index (χ0n) is 15.3. The maximum Gasteiger partial charge on any atom is 0.119 e. The molecule has 1 fully saturated rings. The first-order valence-electron chi connectivity index (χ1n) is 9.89. The zero-order valence-corrected chi connectivity index (χ0v) is 15.3. The average molecular weight is 331 g/mol. The molecule has 0 radical (unpaired) electrons. The first kappa shape index (κ1) is 19.1. The van der Waals surface area contributed by atoms with Gasteiger partial charge in [0.15, 0.2) is 0 Å². The summed E-state index contributed by atoms with van der Waals surface area (Å²) in [6.45, 7) is 3.80. The monoisotopic (exact) mass is 330 g/mol. The van der Waals surface area contributed by atoms with E-state index in [1.54, 1.807) is 0 Å². The number of hydrogen-bond donors (Lipinski definition) is 0. The van der Waals surface area contributed by atoms with Gasteiger partial charge in [-0.1, -0.05) is 82.6 Å². The van der Waals surface area contributed by atoms with E-state index in [2.05, 4.69) is 31.2 Å². The molecule has 1 saturated heterocycles. The van der Waals surface area contributed by atoms with Crippen LogP contribution in [0, 0.1) is 0 Å². The molecule has 1 heterocycles. The Kier molecular flexibility index (Phi) is 9.63. The molecule has 0 N–H and O–H groups in total. The van der Waals surface area contributed by atoms with Gasteiger partial charge in [-0.25, -0.2) is 0 Å². The van der Waals surface area contributed by atoms with Crippen molar-refractivity contribution >= 4 is 6.08 Å². The van der Waals surface area contributed by atoms with Gasteiger partial charge in [0.1, 0.15) is 18.5 Å². The number of epoxide rings is 1. The van der Waals surface area contributed by atoms with Gasteiger partial charge >= 0.3 is 0 Å². The summed E-state index contributed by atoms with van der Waals surface area (Å²) in [4.78, 5) is 0. The van der Waals surface area contributed by atoms with E-state index in [9.17, 15) is 0 Å². The van der Waals surface area contributed by atoms with Gasteiger partial charge in [0.25, 0.3) is 0 Å². The summed E-state index contributed by atoms with van der Waals surface area (Å²) in [5.41, 5.74) is 1.25. The molecule has 1 atom stereocenters. The summed E-state index contributed by atoms with van der Waals surface area (Å²) in [5, 5.41) is 0. The van der Waals surface area contributed by atoms with E-state index in [-0.39, 0.29) is 0 Å². The molecule has 2 rings (SSSR count). The van der Waals surface area contributed by atoms with Crippen LogP contribution in [0.1, 0.15) is 76.7 Å². The minimum Gasteiger partial charge on any atom is -0.491 e. The molecule has 0 amide bonds. The number of allylic oxidation sites excluding steroid dienone is 1. The van der Waals surface area contributed by atoms with Crippen LogP contribution in [0.25, 0.3) is 6.08 Å². The zero-order chi connectivity index (χ0) is 16.9. The Morgan fingerprint density at radius 1 is 0.958 bits per heavy atom. The highest BCUT2D eigenvalue weighted by atomic mass is 16.6. The van der Waals surface area contributed by atoms with E-state index in [0.717, 1.165) is 12.4 Å². The van der Waals surface area contributed by atoms with E-state index in [0.29, 0.717) is 12.7 Å². The molecule has 1 aromatic rings. The summed E-state index contributed by atoms with van der Waals surface area (Å²) in [6.07, 6.45) is 18.6. The van der Waals surface area contributed by atoms with E-state index in [4.69, 9.17) is 9.47 Å². The van der Waals surface area contributed by atoms with Crippen molar-refractivity contribution in [2.75, 3.05) is 13.2 Å². The standard InChI is InChI=1S/C22H34O2/c1-2-3-4-5-6-7-8-9-10-11-12-13-20-14-16-21(17-15-20)23-18-22-19-24-22/h12-17,22H,2-11,18-19H2,1H3/b13-12+. The minimum atomic E-state index is 0.320. The van der Waals surface area contributed by atoms with Crippen molar-refractivity contribution in [3.05, 3.63) is 35.9 Å². The number of hydrogen-bond acceptors (Lipinski definition) is 2. The van der Waals surface area contributed by atoms with Gasteiger partial charge in [0.2, 0.25) is 0 Å². The van der Waals surface area contributed by atoms with E-state index in [1.807, 2.05) is 12.1 Å². The molecule has 2 nitrogen and oxygen atoms in total. The molecule has 0 aromatic heterocycles. The Hall–Kier alpha value is -1.28. The smallest absolute Gasteiger partial charge is 0.119 e. The maximum absolute atomic E-state index is 5.65. The van der Waals surface area contributed by atoms with Crippen molar-refractivity contribution in [3.8, 4) is 5.75 Å². The third-order valence-corrected chi connectivity index (χ3v) is 4.50. The summed E-state index contributed by atoms with van der Waals surface area (Å²) < 4.78 is 10.8. The van der Waals surface area contributed by atoms with Crippen molar-refractivity contribution in [3.63, 3.8) is 0 Å². The second-order valence-electron chi connectivity index (χ2n) is 6.85. The molecule has 0 bridgehead atoms. The summed E-state index contributed by atoms with van der Waals surface area (Å²) >= 11 is 0. The van der Waals surface area contributed by atoms with Crippen molar-refractivity contribution in [2.24, 2.45) is 0 Å². The summed E-state index contributed by atoms with van der Waals surface area (Å²) in [6, 6.07) is 8.33. The number of rotatable bonds is 14. The van der Waals surface area contributed by atoms with Crippen LogP contribution in [0.3, 0.4) is 0 Å². The fourth-order valence-corrected chi connectivity index (χ4v) is 2.82. The molecular weight excluding hydrogens is 296 g/mol. The van der Waals surface area contributed by atoms with Crippen LogP contribution in [0.5, 0.6) is 5.75 Å². The molecule has 1 unspecified atom stereocenters. The van der Waals surface area contributed by atoms with Crippen LogP contribution in [0.2, 0.25) is 0 Å². The molecule has 1 aromatic carbocycles. The van der Waals surface area contributed by atoms with Gasteiger partial charge in [0, 0.05) is 0 Å². The fourth-order valence-electron chi connectivity index (χ4n) is 2.82. The van der Waals surface area contributed by atoms with Crippen molar-refractivity contribution in [1.29, 1.82) is 0 Å². The molecule has 2 heteroatoms. The van der Waals surface area contributed by atoms with Gasteiger partial charge in [-0.3, -0.25) is 0 Å². The lowest BCUT2D eigenvalue weighted by molar-refractivity contribution is 0.263. The predicted molar refractivity (Wildman–Crippen MR) is 103 cm³/mol. The summed E-state index contributed by atoms with van der Waals surface area (Å²) in [5.74, 6) is 0.932. The third-order valence-electron chi connectivity index (χ3n) is 4.50. The molecule has 134 valence electrons. The van der Waals surface area contributed by atoms with E-state index >= 15 is 0 Å². The predicted octanol–water partition coefficient (Wildman–Crippen LogP) is 6.40. The average Bonchev–Trinajstić information content (AvgIpc) is 3.43. The Bertz CT molecular complexity index is 446. The second kappa shape index (κ2) is 12.1. The van der Waals surface area contributed by atoms with Crippen molar-refractivity contribution in [1.82, 2.24) is 0 Å². The van der Waals surface area contributed by atoms with Gasteiger partial charge in [-0.2, -0.15) is 0 Å². The first-order chi connectivity index (χ1) is 11.9. The first-order valence-corrected chi connectivity index (χ1v) is 9.89. The lowest BCUT2D eigenvalue weighted by atomic mass is 10.1. The number of unbranched alkanes of at least 4 members (excludes halogenated alkanes) is 9. The highest BCUT2D eigenvalue weighted by Gasteiger charge is 2.22. The Morgan fingerprint density at radius 2 is 1.58 bits per heavy atom. The van der Waals surface area contributed by atoms with Gasteiger partial charge in [-0.05, 0) is 30.5 Å². The lowest BCUT2D eigenvalue weighted by Gasteiger charge is -2.04.